The number of methoxy groups -OCH3 is 1. The van der Waals surface area contributed by atoms with Crippen molar-refractivity contribution in [3.63, 3.8) is 0 Å². The molecule has 1 aliphatic rings. The minimum atomic E-state index is 0.706. The number of nitrogens with one attached hydrogen (secondary N) is 1. The van der Waals surface area contributed by atoms with Crippen LogP contribution in [0.2, 0.25) is 0 Å². The third-order valence-electron chi connectivity index (χ3n) is 5.02. The average Bonchev–Trinajstić information content (AvgIpc) is 3.15. The molecule has 0 amide bonds. The fourth-order valence-electron chi connectivity index (χ4n) is 3.58. The molecule has 3 rings (SSSR count). The van der Waals surface area contributed by atoms with Crippen molar-refractivity contribution in [2.24, 2.45) is 10.9 Å². The first-order chi connectivity index (χ1) is 12.8. The smallest absolute Gasteiger partial charge is 0.193 e. The van der Waals surface area contributed by atoms with E-state index in [1.54, 1.807) is 7.11 Å². The van der Waals surface area contributed by atoms with Crippen molar-refractivity contribution in [1.29, 1.82) is 0 Å². The number of rotatable bonds is 6. The molecule has 4 heteroatoms. The van der Waals surface area contributed by atoms with Crippen molar-refractivity contribution in [2.45, 2.75) is 19.3 Å². The van der Waals surface area contributed by atoms with Gasteiger partial charge in [-0.3, -0.25) is 4.99 Å². The van der Waals surface area contributed by atoms with Gasteiger partial charge in [0.15, 0.2) is 5.96 Å². The van der Waals surface area contributed by atoms with E-state index in [4.69, 9.17) is 4.74 Å². The average molecular weight is 351 g/mol. The van der Waals surface area contributed by atoms with Crippen LogP contribution in [0.3, 0.4) is 0 Å². The molecule has 26 heavy (non-hydrogen) atoms. The minimum Gasteiger partial charge on any atom is -0.497 e. The Morgan fingerprint density at radius 1 is 1.12 bits per heavy atom. The number of likely N-dealkylation sites (tertiary alicyclic amines) is 1. The molecule has 2 aromatic carbocycles. The lowest BCUT2D eigenvalue weighted by Gasteiger charge is -2.22. The summed E-state index contributed by atoms with van der Waals surface area (Å²) in [4.78, 5) is 6.87. The molecule has 0 spiro atoms. The van der Waals surface area contributed by atoms with Gasteiger partial charge in [-0.2, -0.15) is 0 Å². The second-order valence-electron chi connectivity index (χ2n) is 6.86. The Hall–Kier alpha value is -2.49. The molecule has 1 heterocycles. The summed E-state index contributed by atoms with van der Waals surface area (Å²) in [5.41, 5.74) is 2.74. The summed E-state index contributed by atoms with van der Waals surface area (Å²) in [5, 5.41) is 3.52. The summed E-state index contributed by atoms with van der Waals surface area (Å²) in [6, 6.07) is 19.1. The maximum atomic E-state index is 5.21. The fraction of sp³-hybridized carbons (Fsp3) is 0.409. The largest absolute Gasteiger partial charge is 0.497 e. The van der Waals surface area contributed by atoms with Gasteiger partial charge in [-0.1, -0.05) is 42.5 Å². The van der Waals surface area contributed by atoms with Crippen molar-refractivity contribution in [1.82, 2.24) is 10.2 Å². The topological polar surface area (TPSA) is 36.9 Å². The first-order valence-corrected chi connectivity index (χ1v) is 9.41. The summed E-state index contributed by atoms with van der Waals surface area (Å²) >= 11 is 0. The van der Waals surface area contributed by atoms with Crippen molar-refractivity contribution in [3.05, 3.63) is 65.7 Å². The Morgan fingerprint density at radius 3 is 2.58 bits per heavy atom. The highest BCUT2D eigenvalue weighted by molar-refractivity contribution is 5.80. The van der Waals surface area contributed by atoms with Crippen LogP contribution in [0.25, 0.3) is 0 Å². The standard InChI is InChI=1S/C22H29N3O/c1-23-22(24-14-12-18-8-10-21(26-2)11-9-18)25-15-13-20(17-25)16-19-6-4-3-5-7-19/h3-11,20H,12-17H2,1-2H3,(H,23,24). The molecule has 0 aromatic heterocycles. The molecule has 4 nitrogen and oxygen atoms in total. The number of aliphatic imine (C=N–C) groups is 1. The molecule has 1 saturated heterocycles. The van der Waals surface area contributed by atoms with E-state index in [2.05, 4.69) is 57.7 Å². The zero-order valence-corrected chi connectivity index (χ0v) is 15.8. The first-order valence-electron chi connectivity index (χ1n) is 9.41. The number of hydrogen-bond acceptors (Lipinski definition) is 2. The van der Waals surface area contributed by atoms with Crippen LogP contribution in [-0.2, 0) is 12.8 Å². The fourth-order valence-corrected chi connectivity index (χ4v) is 3.58. The molecular formula is C22H29N3O. The van der Waals surface area contributed by atoms with Crippen molar-refractivity contribution in [2.75, 3.05) is 33.8 Å². The molecule has 1 N–H and O–H groups in total. The van der Waals surface area contributed by atoms with Gasteiger partial charge in [0.05, 0.1) is 7.11 Å². The van der Waals surface area contributed by atoms with Gasteiger partial charge < -0.3 is 15.0 Å². The van der Waals surface area contributed by atoms with E-state index >= 15 is 0 Å². The van der Waals surface area contributed by atoms with Crippen LogP contribution in [-0.4, -0.2) is 44.7 Å². The van der Waals surface area contributed by atoms with Crippen molar-refractivity contribution >= 4 is 5.96 Å². The Labute approximate surface area is 156 Å². The number of nitrogens with zero attached hydrogens (tertiary/aromatic N) is 2. The number of ether oxygens (including phenoxy) is 1. The number of hydrogen-bond donors (Lipinski definition) is 1. The second kappa shape index (κ2) is 9.27. The van der Waals surface area contributed by atoms with Crippen LogP contribution >= 0.6 is 0 Å². The van der Waals surface area contributed by atoms with E-state index < -0.39 is 0 Å². The monoisotopic (exact) mass is 351 g/mol. The highest BCUT2D eigenvalue weighted by Crippen LogP contribution is 2.21. The maximum absolute atomic E-state index is 5.21. The molecule has 2 aromatic rings. The van der Waals surface area contributed by atoms with Crippen LogP contribution < -0.4 is 10.1 Å². The maximum Gasteiger partial charge on any atom is 0.193 e. The van der Waals surface area contributed by atoms with Gasteiger partial charge in [0.2, 0.25) is 0 Å². The van der Waals surface area contributed by atoms with Crippen molar-refractivity contribution < 1.29 is 4.74 Å². The van der Waals surface area contributed by atoms with E-state index in [0.29, 0.717) is 5.92 Å². The van der Waals surface area contributed by atoms with Gasteiger partial charge >= 0.3 is 0 Å². The van der Waals surface area contributed by atoms with Gasteiger partial charge in [-0.05, 0) is 48.4 Å². The Morgan fingerprint density at radius 2 is 1.88 bits per heavy atom. The molecule has 1 atom stereocenters. The van der Waals surface area contributed by atoms with E-state index in [1.165, 1.54) is 17.5 Å². The molecular weight excluding hydrogens is 322 g/mol. The van der Waals surface area contributed by atoms with Crippen LogP contribution in [0.15, 0.2) is 59.6 Å². The number of benzene rings is 2. The minimum absolute atomic E-state index is 0.706. The zero-order valence-electron chi connectivity index (χ0n) is 15.8. The zero-order chi connectivity index (χ0) is 18.2. The first kappa shape index (κ1) is 18.3. The van der Waals surface area contributed by atoms with Crippen LogP contribution in [0.5, 0.6) is 5.75 Å². The third-order valence-corrected chi connectivity index (χ3v) is 5.02. The van der Waals surface area contributed by atoms with Gasteiger partial charge in [0.1, 0.15) is 5.75 Å². The lowest BCUT2D eigenvalue weighted by Crippen LogP contribution is -2.41. The molecule has 0 saturated carbocycles. The summed E-state index contributed by atoms with van der Waals surface area (Å²) in [6.07, 6.45) is 3.36. The molecule has 138 valence electrons. The van der Waals surface area contributed by atoms with Crippen LogP contribution in [0.4, 0.5) is 0 Å². The molecule has 0 aliphatic carbocycles. The normalized spacial score (nSPS) is 17.4. The SMILES string of the molecule is CN=C(NCCc1ccc(OC)cc1)N1CCC(Cc2ccccc2)C1. The summed E-state index contributed by atoms with van der Waals surface area (Å²) < 4.78 is 5.21. The number of guanidine groups is 1. The quantitative estimate of drug-likeness (QED) is 0.640. The van der Waals surface area contributed by atoms with E-state index in [9.17, 15) is 0 Å². The molecule has 0 radical (unpaired) electrons. The van der Waals surface area contributed by atoms with E-state index in [-0.39, 0.29) is 0 Å². The molecule has 1 aliphatic heterocycles. The molecule has 1 fully saturated rings. The summed E-state index contributed by atoms with van der Waals surface area (Å²) in [7, 11) is 3.57. The van der Waals surface area contributed by atoms with Gasteiger partial charge in [0.25, 0.3) is 0 Å². The molecule has 0 bridgehead atoms. The lowest BCUT2D eigenvalue weighted by atomic mass is 9.99. The van der Waals surface area contributed by atoms with Gasteiger partial charge in [-0.25, -0.2) is 0 Å². The highest BCUT2D eigenvalue weighted by Gasteiger charge is 2.24. The van der Waals surface area contributed by atoms with E-state index in [0.717, 1.165) is 44.2 Å². The summed E-state index contributed by atoms with van der Waals surface area (Å²) in [5.74, 6) is 2.63. The van der Waals surface area contributed by atoms with E-state index in [1.807, 2.05) is 19.2 Å². The lowest BCUT2D eigenvalue weighted by molar-refractivity contribution is 0.414. The third kappa shape index (κ3) is 5.01. The van der Waals surface area contributed by atoms with Gasteiger partial charge in [-0.15, -0.1) is 0 Å². The molecule has 1 unspecified atom stereocenters. The second-order valence-corrected chi connectivity index (χ2v) is 6.86. The predicted molar refractivity (Wildman–Crippen MR) is 108 cm³/mol. The highest BCUT2D eigenvalue weighted by atomic mass is 16.5. The van der Waals surface area contributed by atoms with Crippen LogP contribution in [0, 0.1) is 5.92 Å². The van der Waals surface area contributed by atoms with Crippen LogP contribution in [0.1, 0.15) is 17.5 Å². The van der Waals surface area contributed by atoms with Gasteiger partial charge in [0, 0.05) is 26.7 Å². The van der Waals surface area contributed by atoms with Crippen molar-refractivity contribution in [3.8, 4) is 5.75 Å². The Kier molecular flexibility index (Phi) is 6.53. The Balaban J connectivity index is 1.45. The summed E-state index contributed by atoms with van der Waals surface area (Å²) in [6.45, 7) is 3.05. The predicted octanol–water partition coefficient (Wildman–Crippen LogP) is 3.38. The Bertz CT molecular complexity index is 697.